The Kier molecular flexibility index (Phi) is 3.16. The molecule has 0 amide bonds. The van der Waals surface area contributed by atoms with E-state index >= 15 is 0 Å². The summed E-state index contributed by atoms with van der Waals surface area (Å²) in [5.41, 5.74) is -0.921. The van der Waals surface area contributed by atoms with E-state index in [4.69, 9.17) is 0 Å². The molecule has 4 aliphatic carbocycles. The Bertz CT molecular complexity index is 503. The van der Waals surface area contributed by atoms with E-state index in [1.54, 1.807) is 0 Å². The quantitative estimate of drug-likeness (QED) is 0.603. The lowest BCUT2D eigenvalue weighted by Gasteiger charge is -2.62. The summed E-state index contributed by atoms with van der Waals surface area (Å²) in [6, 6.07) is 0. The largest absolute Gasteiger partial charge is 0.392 e. The highest BCUT2D eigenvalue weighted by molar-refractivity contribution is 5.21. The molecule has 0 aromatic heterocycles. The first-order chi connectivity index (χ1) is 10.3. The molecule has 124 valence electrons. The lowest BCUT2D eigenvalue weighted by molar-refractivity contribution is -0.203. The fraction of sp³-hybridized carbons (Fsp3) is 0.895. The molecule has 4 aliphatic rings. The zero-order valence-electron chi connectivity index (χ0n) is 13.8. The van der Waals surface area contributed by atoms with E-state index in [0.29, 0.717) is 17.8 Å². The van der Waals surface area contributed by atoms with Crippen LogP contribution in [-0.4, -0.2) is 33.1 Å². The van der Waals surface area contributed by atoms with Crippen molar-refractivity contribution in [1.82, 2.24) is 0 Å². The molecule has 0 spiro atoms. The predicted octanol–water partition coefficient (Wildman–Crippen LogP) is 2.64. The summed E-state index contributed by atoms with van der Waals surface area (Å²) < 4.78 is 0. The van der Waals surface area contributed by atoms with Crippen molar-refractivity contribution in [3.05, 3.63) is 12.2 Å². The van der Waals surface area contributed by atoms with Crippen LogP contribution in [0.3, 0.4) is 0 Å². The fourth-order valence-corrected chi connectivity index (χ4v) is 6.73. The van der Waals surface area contributed by atoms with E-state index in [2.05, 4.69) is 19.9 Å². The maximum Gasteiger partial charge on any atom is 0.0757 e. The van der Waals surface area contributed by atoms with Gasteiger partial charge in [0.15, 0.2) is 0 Å². The highest BCUT2D eigenvalue weighted by Gasteiger charge is 2.66. The van der Waals surface area contributed by atoms with Crippen molar-refractivity contribution >= 4 is 0 Å². The average Bonchev–Trinajstić information content (AvgIpc) is 2.72. The van der Waals surface area contributed by atoms with Crippen molar-refractivity contribution in [1.29, 1.82) is 0 Å². The lowest BCUT2D eigenvalue weighted by atomic mass is 9.45. The van der Waals surface area contributed by atoms with Crippen LogP contribution in [0.15, 0.2) is 12.2 Å². The summed E-state index contributed by atoms with van der Waals surface area (Å²) in [7, 11) is 0. The SMILES string of the molecule is C[C@]12C=CC(O)CC1CC[C@@H]1[C@@H]2CC[C@]2(C)C(O)CC[C@]12O. The number of hydrogen-bond acceptors (Lipinski definition) is 3. The number of allylic oxidation sites excluding steroid dienone is 1. The topological polar surface area (TPSA) is 60.7 Å². The number of aliphatic hydroxyl groups is 3. The molecule has 22 heavy (non-hydrogen) atoms. The molecule has 3 fully saturated rings. The summed E-state index contributed by atoms with van der Waals surface area (Å²) in [5.74, 6) is 1.32. The molecular formula is C19H30O3. The number of hydrogen-bond donors (Lipinski definition) is 3. The summed E-state index contributed by atoms with van der Waals surface area (Å²) in [5, 5.41) is 32.0. The van der Waals surface area contributed by atoms with Crippen molar-refractivity contribution in [3.8, 4) is 0 Å². The third-order valence-corrected chi connectivity index (χ3v) is 8.31. The second kappa shape index (κ2) is 4.58. The van der Waals surface area contributed by atoms with E-state index in [0.717, 1.165) is 44.9 Å². The van der Waals surface area contributed by atoms with Crippen molar-refractivity contribution in [2.45, 2.75) is 76.6 Å². The molecule has 4 rings (SSSR count). The van der Waals surface area contributed by atoms with E-state index < -0.39 is 5.60 Å². The standard InChI is InChI=1S/C19H30O3/c1-17-8-5-13(20)11-12(17)3-4-15-14(17)6-9-18(2)16(21)7-10-19(15,18)22/h5,8,12-16,20-22H,3-4,6-7,9-11H2,1-2H3/t12?,13?,14-,15+,16?,17-,18+,19-/m0/s1. The van der Waals surface area contributed by atoms with Gasteiger partial charge in [-0.2, -0.15) is 0 Å². The number of fused-ring (bicyclic) bond motifs is 5. The van der Waals surface area contributed by atoms with Gasteiger partial charge in [0.1, 0.15) is 0 Å². The molecule has 0 aromatic rings. The highest BCUT2D eigenvalue weighted by Crippen LogP contribution is 2.66. The van der Waals surface area contributed by atoms with Crippen LogP contribution in [0.5, 0.6) is 0 Å². The minimum Gasteiger partial charge on any atom is -0.392 e. The van der Waals surface area contributed by atoms with Gasteiger partial charge in [0.2, 0.25) is 0 Å². The summed E-state index contributed by atoms with van der Waals surface area (Å²) in [4.78, 5) is 0. The molecule has 8 atom stereocenters. The highest BCUT2D eigenvalue weighted by atomic mass is 16.3. The summed E-state index contributed by atoms with van der Waals surface area (Å²) in [6.45, 7) is 4.45. The van der Waals surface area contributed by atoms with Gasteiger partial charge in [-0.15, -0.1) is 0 Å². The van der Waals surface area contributed by atoms with Gasteiger partial charge in [-0.3, -0.25) is 0 Å². The van der Waals surface area contributed by atoms with E-state index in [1.807, 2.05) is 6.08 Å². The van der Waals surface area contributed by atoms with Gasteiger partial charge in [-0.25, -0.2) is 0 Å². The van der Waals surface area contributed by atoms with Crippen molar-refractivity contribution in [3.63, 3.8) is 0 Å². The Morgan fingerprint density at radius 2 is 1.73 bits per heavy atom. The van der Waals surface area contributed by atoms with E-state index in [-0.39, 0.29) is 23.0 Å². The fourth-order valence-electron chi connectivity index (χ4n) is 6.73. The molecule has 0 bridgehead atoms. The Morgan fingerprint density at radius 1 is 0.955 bits per heavy atom. The van der Waals surface area contributed by atoms with Crippen LogP contribution in [0.1, 0.15) is 58.8 Å². The first-order valence-corrected chi connectivity index (χ1v) is 9.09. The predicted molar refractivity (Wildman–Crippen MR) is 85.1 cm³/mol. The van der Waals surface area contributed by atoms with Gasteiger partial charge in [0, 0.05) is 5.41 Å². The average molecular weight is 306 g/mol. The molecule has 0 heterocycles. The van der Waals surface area contributed by atoms with Crippen LogP contribution in [0.4, 0.5) is 0 Å². The van der Waals surface area contributed by atoms with Crippen molar-refractivity contribution in [2.75, 3.05) is 0 Å². The van der Waals surface area contributed by atoms with Crippen molar-refractivity contribution in [2.24, 2.45) is 28.6 Å². The van der Waals surface area contributed by atoms with Crippen LogP contribution in [0.2, 0.25) is 0 Å². The minimum absolute atomic E-state index is 0.104. The van der Waals surface area contributed by atoms with Crippen LogP contribution in [0.25, 0.3) is 0 Å². The lowest BCUT2D eigenvalue weighted by Crippen LogP contribution is -2.62. The third kappa shape index (κ3) is 1.68. The van der Waals surface area contributed by atoms with Gasteiger partial charge in [-0.05, 0) is 68.1 Å². The number of aliphatic hydroxyl groups excluding tert-OH is 2. The molecule has 3 unspecified atom stereocenters. The van der Waals surface area contributed by atoms with Crippen LogP contribution >= 0.6 is 0 Å². The minimum atomic E-state index is -0.701. The molecule has 0 radical (unpaired) electrons. The Labute approximate surface area is 133 Å². The van der Waals surface area contributed by atoms with E-state index in [1.165, 1.54) is 0 Å². The normalized spacial score (nSPS) is 60.5. The van der Waals surface area contributed by atoms with Gasteiger partial charge in [-0.1, -0.05) is 26.0 Å². The maximum absolute atomic E-state index is 11.6. The first-order valence-electron chi connectivity index (χ1n) is 9.09. The van der Waals surface area contributed by atoms with E-state index in [9.17, 15) is 15.3 Å². The second-order valence-corrected chi connectivity index (χ2v) is 8.95. The number of rotatable bonds is 0. The van der Waals surface area contributed by atoms with Crippen molar-refractivity contribution < 1.29 is 15.3 Å². The summed E-state index contributed by atoms with van der Waals surface area (Å²) in [6.07, 6.45) is 10.1. The van der Waals surface area contributed by atoms with Gasteiger partial charge in [0.25, 0.3) is 0 Å². The molecule has 0 aromatic carbocycles. The molecule has 3 heteroatoms. The molecule has 3 saturated carbocycles. The zero-order chi connectivity index (χ0) is 15.8. The van der Waals surface area contributed by atoms with Crippen LogP contribution in [0, 0.1) is 28.6 Å². The smallest absolute Gasteiger partial charge is 0.0757 e. The Morgan fingerprint density at radius 3 is 2.50 bits per heavy atom. The molecule has 0 saturated heterocycles. The maximum atomic E-state index is 11.6. The monoisotopic (exact) mass is 306 g/mol. The molecular weight excluding hydrogens is 276 g/mol. The third-order valence-electron chi connectivity index (χ3n) is 8.31. The zero-order valence-corrected chi connectivity index (χ0v) is 13.8. The van der Waals surface area contributed by atoms with Gasteiger partial charge in [0.05, 0.1) is 17.8 Å². The van der Waals surface area contributed by atoms with Crippen LogP contribution in [-0.2, 0) is 0 Å². The second-order valence-electron chi connectivity index (χ2n) is 8.95. The molecule has 3 N–H and O–H groups in total. The van der Waals surface area contributed by atoms with Crippen LogP contribution < -0.4 is 0 Å². The summed E-state index contributed by atoms with van der Waals surface area (Å²) >= 11 is 0. The molecule has 3 nitrogen and oxygen atoms in total. The Hall–Kier alpha value is -0.380. The molecule has 0 aliphatic heterocycles. The van der Waals surface area contributed by atoms with Gasteiger partial charge < -0.3 is 15.3 Å². The Balaban J connectivity index is 1.72. The van der Waals surface area contributed by atoms with Gasteiger partial charge >= 0.3 is 0 Å². The first kappa shape index (κ1) is 15.2.